The van der Waals surface area contributed by atoms with E-state index in [9.17, 15) is 19.2 Å². The Morgan fingerprint density at radius 1 is 0.778 bits per heavy atom. The number of hydrogen-bond donors (Lipinski definition) is 0. The summed E-state index contributed by atoms with van der Waals surface area (Å²) in [6, 6.07) is 9.96. The van der Waals surface area contributed by atoms with E-state index in [2.05, 4.69) is 0 Å². The Hall–Kier alpha value is -2.62. The molecule has 0 heterocycles. The van der Waals surface area contributed by atoms with Gasteiger partial charge in [-0.2, -0.15) is 0 Å². The summed E-state index contributed by atoms with van der Waals surface area (Å²) in [6.07, 6.45) is 0.261. The highest BCUT2D eigenvalue weighted by molar-refractivity contribution is 6.41. The fourth-order valence-electron chi connectivity index (χ4n) is 1.77. The number of hydrogen-bond acceptors (Lipinski definition) is 4. The van der Waals surface area contributed by atoms with Crippen LogP contribution in [0.3, 0.4) is 0 Å². The number of carbonyl (C=O) groups is 4. The van der Waals surface area contributed by atoms with E-state index in [-0.39, 0.29) is 23.7 Å². The second kappa shape index (κ2) is 4.71. The molecule has 4 heteroatoms. The summed E-state index contributed by atoms with van der Waals surface area (Å²) in [6.45, 7) is 0. The highest BCUT2D eigenvalue weighted by Crippen LogP contribution is 2.20. The summed E-state index contributed by atoms with van der Waals surface area (Å²) in [5, 5.41) is 1.45. The molecule has 2 rings (SSSR count). The summed E-state index contributed by atoms with van der Waals surface area (Å²) in [5.74, 6) is -1.63. The predicted octanol–water partition coefficient (Wildman–Crippen LogP) is 1.60. The van der Waals surface area contributed by atoms with E-state index in [0.717, 1.165) is 10.8 Å². The van der Waals surface area contributed by atoms with Crippen LogP contribution in [0.15, 0.2) is 36.4 Å². The summed E-state index contributed by atoms with van der Waals surface area (Å²) in [5.41, 5.74) is -0.0819. The second-order valence-electron chi connectivity index (χ2n) is 3.71. The van der Waals surface area contributed by atoms with Crippen molar-refractivity contribution < 1.29 is 19.2 Å². The van der Waals surface area contributed by atoms with Crippen LogP contribution in [0, 0.1) is 0 Å². The SMILES string of the molecule is O=CC(=O)c1cc2ccccc2cc1C(=O)C=O. The van der Waals surface area contributed by atoms with Crippen molar-refractivity contribution in [3.8, 4) is 0 Å². The maximum absolute atomic E-state index is 11.5. The van der Waals surface area contributed by atoms with E-state index in [1.54, 1.807) is 24.3 Å². The Bertz CT molecular complexity index is 612. The molecule has 0 aliphatic heterocycles. The van der Waals surface area contributed by atoms with Gasteiger partial charge in [0.15, 0.2) is 12.6 Å². The highest BCUT2D eigenvalue weighted by Gasteiger charge is 2.17. The second-order valence-corrected chi connectivity index (χ2v) is 3.71. The lowest BCUT2D eigenvalue weighted by atomic mass is 9.96. The van der Waals surface area contributed by atoms with Gasteiger partial charge >= 0.3 is 0 Å². The van der Waals surface area contributed by atoms with Crippen LogP contribution in [-0.2, 0) is 9.59 Å². The van der Waals surface area contributed by atoms with Crippen molar-refractivity contribution >= 4 is 34.9 Å². The molecule has 0 unspecified atom stereocenters. The molecule has 0 aliphatic carbocycles. The molecule has 0 saturated carbocycles. The minimum absolute atomic E-state index is 0.0409. The topological polar surface area (TPSA) is 68.3 Å². The Morgan fingerprint density at radius 3 is 1.50 bits per heavy atom. The predicted molar refractivity (Wildman–Crippen MR) is 64.7 cm³/mol. The zero-order valence-corrected chi connectivity index (χ0v) is 9.25. The molecule has 0 N–H and O–H groups in total. The molecule has 2 aromatic rings. The van der Waals surface area contributed by atoms with E-state index >= 15 is 0 Å². The third kappa shape index (κ3) is 1.96. The Kier molecular flexibility index (Phi) is 3.10. The minimum Gasteiger partial charge on any atom is -0.294 e. The van der Waals surface area contributed by atoms with E-state index in [0.29, 0.717) is 0 Å². The van der Waals surface area contributed by atoms with Crippen LogP contribution in [0.5, 0.6) is 0 Å². The van der Waals surface area contributed by atoms with Crippen LogP contribution in [0.1, 0.15) is 20.7 Å². The van der Waals surface area contributed by atoms with Gasteiger partial charge in [0, 0.05) is 11.1 Å². The smallest absolute Gasteiger partial charge is 0.226 e. The van der Waals surface area contributed by atoms with Crippen molar-refractivity contribution in [1.29, 1.82) is 0 Å². The van der Waals surface area contributed by atoms with Crippen LogP contribution in [0.4, 0.5) is 0 Å². The molecule has 0 bridgehead atoms. The van der Waals surface area contributed by atoms with Gasteiger partial charge in [-0.15, -0.1) is 0 Å². The number of rotatable bonds is 4. The molecule has 88 valence electrons. The molecule has 0 aliphatic rings. The van der Waals surface area contributed by atoms with Crippen LogP contribution in [-0.4, -0.2) is 24.1 Å². The van der Waals surface area contributed by atoms with Gasteiger partial charge in [-0.25, -0.2) is 0 Å². The molecule has 4 nitrogen and oxygen atoms in total. The molecule has 0 aromatic heterocycles. The van der Waals surface area contributed by atoms with E-state index < -0.39 is 11.6 Å². The lowest BCUT2D eigenvalue weighted by Gasteiger charge is -2.05. The summed E-state index contributed by atoms with van der Waals surface area (Å²) in [4.78, 5) is 44.0. The highest BCUT2D eigenvalue weighted by atomic mass is 16.2. The Balaban J connectivity index is 2.79. The van der Waals surface area contributed by atoms with Gasteiger partial charge in [0.05, 0.1) is 0 Å². The average molecular weight is 240 g/mol. The lowest BCUT2D eigenvalue weighted by Crippen LogP contribution is -2.10. The molecule has 0 amide bonds. The van der Waals surface area contributed by atoms with Gasteiger partial charge < -0.3 is 0 Å². The third-order valence-electron chi connectivity index (χ3n) is 2.63. The van der Waals surface area contributed by atoms with Gasteiger partial charge in [-0.3, -0.25) is 19.2 Å². The quantitative estimate of drug-likeness (QED) is 0.462. The largest absolute Gasteiger partial charge is 0.294 e. The number of benzene rings is 2. The van der Waals surface area contributed by atoms with E-state index in [4.69, 9.17) is 0 Å². The average Bonchev–Trinajstić information content (AvgIpc) is 2.44. The number of Topliss-reactive ketones (excluding diaryl/α,β-unsaturated/α-hetero) is 2. The van der Waals surface area contributed by atoms with Crippen LogP contribution in [0.2, 0.25) is 0 Å². The van der Waals surface area contributed by atoms with Crippen molar-refractivity contribution in [3.63, 3.8) is 0 Å². The lowest BCUT2D eigenvalue weighted by molar-refractivity contribution is -0.105. The fourth-order valence-corrected chi connectivity index (χ4v) is 1.77. The van der Waals surface area contributed by atoms with Crippen LogP contribution >= 0.6 is 0 Å². The molecular formula is C14H8O4. The zero-order chi connectivity index (χ0) is 13.1. The number of ketones is 2. The summed E-state index contributed by atoms with van der Waals surface area (Å²) >= 11 is 0. The minimum atomic E-state index is -0.814. The number of fused-ring (bicyclic) bond motifs is 1. The molecule has 0 spiro atoms. The van der Waals surface area contributed by atoms with Gasteiger partial charge in [0.1, 0.15) is 0 Å². The van der Waals surface area contributed by atoms with Crippen molar-refractivity contribution in [1.82, 2.24) is 0 Å². The van der Waals surface area contributed by atoms with Crippen molar-refractivity contribution in [2.75, 3.05) is 0 Å². The van der Waals surface area contributed by atoms with Crippen LogP contribution in [0.25, 0.3) is 10.8 Å². The Labute approximate surface area is 102 Å². The molecule has 0 atom stereocenters. The third-order valence-corrected chi connectivity index (χ3v) is 2.63. The normalized spacial score (nSPS) is 10.0. The zero-order valence-electron chi connectivity index (χ0n) is 9.25. The molecule has 18 heavy (non-hydrogen) atoms. The van der Waals surface area contributed by atoms with E-state index in [1.165, 1.54) is 12.1 Å². The molecule has 0 saturated heterocycles. The number of carbonyl (C=O) groups excluding carboxylic acids is 4. The summed E-state index contributed by atoms with van der Waals surface area (Å²) in [7, 11) is 0. The molecular weight excluding hydrogens is 232 g/mol. The first-order chi connectivity index (χ1) is 8.67. The van der Waals surface area contributed by atoms with Gasteiger partial charge in [-0.1, -0.05) is 24.3 Å². The van der Waals surface area contributed by atoms with Gasteiger partial charge in [0.25, 0.3) is 0 Å². The Morgan fingerprint density at radius 2 is 1.17 bits per heavy atom. The maximum atomic E-state index is 11.5. The van der Waals surface area contributed by atoms with Crippen molar-refractivity contribution in [3.05, 3.63) is 47.5 Å². The number of aldehydes is 2. The van der Waals surface area contributed by atoms with Crippen molar-refractivity contribution in [2.45, 2.75) is 0 Å². The first-order valence-corrected chi connectivity index (χ1v) is 5.19. The standard InChI is InChI=1S/C14H8O4/c15-7-13(17)11-5-9-3-1-2-4-10(9)6-12(11)14(18)8-16/h1-8H. The molecule has 0 radical (unpaired) electrons. The van der Waals surface area contributed by atoms with E-state index in [1.807, 2.05) is 0 Å². The van der Waals surface area contributed by atoms with Crippen LogP contribution < -0.4 is 0 Å². The molecule has 0 fully saturated rings. The first-order valence-electron chi connectivity index (χ1n) is 5.19. The van der Waals surface area contributed by atoms with Gasteiger partial charge in [-0.05, 0) is 22.9 Å². The summed E-state index contributed by atoms with van der Waals surface area (Å²) < 4.78 is 0. The maximum Gasteiger partial charge on any atom is 0.226 e. The molecule has 2 aromatic carbocycles. The fraction of sp³-hybridized carbons (Fsp3) is 0. The first kappa shape index (κ1) is 11.9. The monoisotopic (exact) mass is 240 g/mol. The van der Waals surface area contributed by atoms with Crippen molar-refractivity contribution in [2.24, 2.45) is 0 Å². The van der Waals surface area contributed by atoms with Gasteiger partial charge in [0.2, 0.25) is 11.6 Å².